The van der Waals surface area contributed by atoms with Gasteiger partial charge in [-0.1, -0.05) is 6.07 Å². The second-order valence-corrected chi connectivity index (χ2v) is 4.04. The van der Waals surface area contributed by atoms with E-state index < -0.39 is 0 Å². The molecule has 0 spiro atoms. The minimum Gasteiger partial charge on any atom is -0.399 e. The molecule has 2 aromatic rings. The van der Waals surface area contributed by atoms with Gasteiger partial charge < -0.3 is 11.1 Å². The molecule has 94 valence electrons. The molecular weight excluding hydrogens is 240 g/mol. The Kier molecular flexibility index (Phi) is 3.44. The van der Waals surface area contributed by atoms with E-state index >= 15 is 0 Å². The summed E-state index contributed by atoms with van der Waals surface area (Å²) in [6.45, 7) is 1.81. The number of benzene rings is 1. The molecule has 0 saturated heterocycles. The number of nitrogens with zero attached hydrogens (tertiary/aromatic N) is 2. The van der Waals surface area contributed by atoms with E-state index in [9.17, 15) is 4.79 Å². The number of anilines is 2. The maximum absolute atomic E-state index is 12.0. The molecule has 19 heavy (non-hydrogen) atoms. The van der Waals surface area contributed by atoms with Gasteiger partial charge in [-0.15, -0.1) is 0 Å². The van der Waals surface area contributed by atoms with E-state index in [4.69, 9.17) is 11.0 Å². The van der Waals surface area contributed by atoms with E-state index in [1.807, 2.05) is 6.07 Å². The molecule has 0 unspecified atom stereocenters. The van der Waals surface area contributed by atoms with Crippen molar-refractivity contribution in [3.63, 3.8) is 0 Å². The van der Waals surface area contributed by atoms with Crippen molar-refractivity contribution in [3.8, 4) is 6.07 Å². The number of rotatable bonds is 2. The van der Waals surface area contributed by atoms with Crippen LogP contribution in [0.4, 0.5) is 11.4 Å². The molecule has 3 N–H and O–H groups in total. The fourth-order valence-electron chi connectivity index (χ4n) is 1.62. The summed E-state index contributed by atoms with van der Waals surface area (Å²) in [5, 5.41) is 11.7. The number of pyridine rings is 1. The predicted molar refractivity (Wildman–Crippen MR) is 72.5 cm³/mol. The smallest absolute Gasteiger partial charge is 0.274 e. The highest BCUT2D eigenvalue weighted by Gasteiger charge is 2.10. The average molecular weight is 252 g/mol. The molecule has 0 bridgehead atoms. The summed E-state index contributed by atoms with van der Waals surface area (Å²) in [4.78, 5) is 16.1. The SMILES string of the molecule is Cc1cccc(C(=O)Nc2ccc(N)cc2C#N)n1. The highest BCUT2D eigenvalue weighted by atomic mass is 16.1. The summed E-state index contributed by atoms with van der Waals surface area (Å²) in [7, 11) is 0. The Morgan fingerprint density at radius 3 is 2.84 bits per heavy atom. The largest absolute Gasteiger partial charge is 0.399 e. The molecule has 5 nitrogen and oxygen atoms in total. The second-order valence-electron chi connectivity index (χ2n) is 4.04. The van der Waals surface area contributed by atoms with Crippen molar-refractivity contribution in [1.82, 2.24) is 4.98 Å². The van der Waals surface area contributed by atoms with Crippen LogP contribution in [0.15, 0.2) is 36.4 Å². The van der Waals surface area contributed by atoms with Gasteiger partial charge in [0.05, 0.1) is 11.3 Å². The lowest BCUT2D eigenvalue weighted by molar-refractivity contribution is 0.102. The van der Waals surface area contributed by atoms with Crippen LogP contribution >= 0.6 is 0 Å². The lowest BCUT2D eigenvalue weighted by Crippen LogP contribution is -2.14. The topological polar surface area (TPSA) is 91.8 Å². The number of nitriles is 1. The van der Waals surface area contributed by atoms with Crippen molar-refractivity contribution in [2.75, 3.05) is 11.1 Å². The minimum absolute atomic E-state index is 0.306. The van der Waals surface area contributed by atoms with Gasteiger partial charge in [0.1, 0.15) is 11.8 Å². The van der Waals surface area contributed by atoms with Gasteiger partial charge in [0.2, 0.25) is 0 Å². The summed E-state index contributed by atoms with van der Waals surface area (Å²) in [5.41, 5.74) is 7.87. The Hall–Kier alpha value is -2.87. The first-order valence-corrected chi connectivity index (χ1v) is 5.65. The number of nitrogen functional groups attached to an aromatic ring is 1. The summed E-state index contributed by atoms with van der Waals surface area (Å²) in [5.74, 6) is -0.357. The molecule has 0 aliphatic carbocycles. The first-order chi connectivity index (χ1) is 9.10. The molecule has 2 rings (SSSR count). The highest BCUT2D eigenvalue weighted by Crippen LogP contribution is 2.18. The maximum Gasteiger partial charge on any atom is 0.274 e. The molecule has 1 heterocycles. The van der Waals surface area contributed by atoms with Gasteiger partial charge in [0, 0.05) is 11.4 Å². The maximum atomic E-state index is 12.0. The van der Waals surface area contributed by atoms with Crippen LogP contribution in [0.25, 0.3) is 0 Å². The third-order valence-corrected chi connectivity index (χ3v) is 2.53. The number of carbonyl (C=O) groups is 1. The van der Waals surface area contributed by atoms with Crippen molar-refractivity contribution < 1.29 is 4.79 Å². The molecule has 0 fully saturated rings. The Morgan fingerprint density at radius 2 is 2.16 bits per heavy atom. The Labute approximate surface area is 110 Å². The zero-order valence-corrected chi connectivity index (χ0v) is 10.3. The first kappa shape index (κ1) is 12.6. The fraction of sp³-hybridized carbons (Fsp3) is 0.0714. The average Bonchev–Trinajstić information content (AvgIpc) is 2.40. The molecule has 1 aromatic heterocycles. The number of nitrogens with one attached hydrogen (secondary N) is 1. The van der Waals surface area contributed by atoms with Crippen LogP contribution in [0.3, 0.4) is 0 Å². The molecule has 0 aliphatic rings. The van der Waals surface area contributed by atoms with E-state index in [-0.39, 0.29) is 5.91 Å². The van der Waals surface area contributed by atoms with Crippen LogP contribution < -0.4 is 11.1 Å². The van der Waals surface area contributed by atoms with Gasteiger partial charge in [-0.3, -0.25) is 4.79 Å². The number of aryl methyl sites for hydroxylation is 1. The van der Waals surface area contributed by atoms with Crippen molar-refractivity contribution in [2.45, 2.75) is 6.92 Å². The van der Waals surface area contributed by atoms with Crippen LogP contribution in [0.1, 0.15) is 21.7 Å². The molecule has 0 aliphatic heterocycles. The quantitative estimate of drug-likeness (QED) is 0.800. The molecular formula is C14H12N4O. The molecule has 5 heteroatoms. The summed E-state index contributed by atoms with van der Waals surface area (Å²) >= 11 is 0. The molecule has 0 radical (unpaired) electrons. The number of hydrogen-bond donors (Lipinski definition) is 2. The number of nitrogens with two attached hydrogens (primary N) is 1. The summed E-state index contributed by atoms with van der Waals surface area (Å²) < 4.78 is 0. The van der Waals surface area contributed by atoms with E-state index in [0.29, 0.717) is 22.6 Å². The second kappa shape index (κ2) is 5.19. The van der Waals surface area contributed by atoms with E-state index in [1.54, 1.807) is 37.3 Å². The Bertz CT molecular complexity index is 673. The highest BCUT2D eigenvalue weighted by molar-refractivity contribution is 6.03. The number of carbonyl (C=O) groups excluding carboxylic acids is 1. The van der Waals surface area contributed by atoms with Crippen LogP contribution in [-0.2, 0) is 0 Å². The van der Waals surface area contributed by atoms with Crippen molar-refractivity contribution in [1.29, 1.82) is 5.26 Å². The molecule has 0 atom stereocenters. The predicted octanol–water partition coefficient (Wildman–Crippen LogP) is 2.10. The van der Waals surface area contributed by atoms with E-state index in [1.165, 1.54) is 6.07 Å². The van der Waals surface area contributed by atoms with E-state index in [2.05, 4.69) is 10.3 Å². The van der Waals surface area contributed by atoms with Gasteiger partial charge in [-0.2, -0.15) is 5.26 Å². The fourth-order valence-corrected chi connectivity index (χ4v) is 1.62. The number of hydrogen-bond acceptors (Lipinski definition) is 4. The normalized spacial score (nSPS) is 9.68. The molecule has 1 aromatic carbocycles. The minimum atomic E-state index is -0.357. The third kappa shape index (κ3) is 2.87. The van der Waals surface area contributed by atoms with Gasteiger partial charge >= 0.3 is 0 Å². The van der Waals surface area contributed by atoms with Crippen molar-refractivity contribution in [2.24, 2.45) is 0 Å². The first-order valence-electron chi connectivity index (χ1n) is 5.65. The Morgan fingerprint density at radius 1 is 1.37 bits per heavy atom. The Balaban J connectivity index is 2.27. The van der Waals surface area contributed by atoms with Crippen LogP contribution in [0, 0.1) is 18.3 Å². The standard InChI is InChI=1S/C14H12N4O/c1-9-3-2-4-13(17-9)14(19)18-12-6-5-11(16)7-10(12)8-15/h2-7H,16H2,1H3,(H,18,19). The monoisotopic (exact) mass is 252 g/mol. The van der Waals surface area contributed by atoms with Crippen LogP contribution in [0.5, 0.6) is 0 Å². The summed E-state index contributed by atoms with van der Waals surface area (Å²) in [6.07, 6.45) is 0. The lowest BCUT2D eigenvalue weighted by Gasteiger charge is -2.07. The zero-order chi connectivity index (χ0) is 13.8. The number of amides is 1. The molecule has 1 amide bonds. The van der Waals surface area contributed by atoms with Crippen LogP contribution in [-0.4, -0.2) is 10.9 Å². The van der Waals surface area contributed by atoms with Gasteiger partial charge in [-0.25, -0.2) is 4.98 Å². The van der Waals surface area contributed by atoms with Crippen LogP contribution in [0.2, 0.25) is 0 Å². The van der Waals surface area contributed by atoms with Gasteiger partial charge in [-0.05, 0) is 37.3 Å². The van der Waals surface area contributed by atoms with E-state index in [0.717, 1.165) is 5.69 Å². The lowest BCUT2D eigenvalue weighted by atomic mass is 10.1. The zero-order valence-electron chi connectivity index (χ0n) is 10.3. The third-order valence-electron chi connectivity index (χ3n) is 2.53. The number of aromatic nitrogens is 1. The van der Waals surface area contributed by atoms with Gasteiger partial charge in [0.25, 0.3) is 5.91 Å². The van der Waals surface area contributed by atoms with Crippen molar-refractivity contribution >= 4 is 17.3 Å². The van der Waals surface area contributed by atoms with Crippen molar-refractivity contribution in [3.05, 3.63) is 53.3 Å². The van der Waals surface area contributed by atoms with Gasteiger partial charge in [0.15, 0.2) is 0 Å². The molecule has 0 saturated carbocycles. The summed E-state index contributed by atoms with van der Waals surface area (Å²) in [6, 6.07) is 11.9.